The van der Waals surface area contributed by atoms with Crippen LogP contribution in [0.5, 0.6) is 0 Å². The molecule has 0 unspecified atom stereocenters. The summed E-state index contributed by atoms with van der Waals surface area (Å²) in [7, 11) is 0. The van der Waals surface area contributed by atoms with Gasteiger partial charge in [0.25, 0.3) is 0 Å². The zero-order chi connectivity index (χ0) is 15.5. The molecule has 0 amide bonds. The molecule has 0 aliphatic carbocycles. The summed E-state index contributed by atoms with van der Waals surface area (Å²) in [5.74, 6) is -0.0698. The van der Waals surface area contributed by atoms with Crippen molar-refractivity contribution in [1.82, 2.24) is 15.0 Å². The molecule has 0 aliphatic rings. The first-order valence-corrected chi connectivity index (χ1v) is 7.18. The van der Waals surface area contributed by atoms with Crippen molar-refractivity contribution in [3.8, 4) is 11.3 Å². The molecule has 0 bridgehead atoms. The summed E-state index contributed by atoms with van der Waals surface area (Å²) < 4.78 is 12.8. The molecule has 0 aliphatic heterocycles. The quantitative estimate of drug-likeness (QED) is 0.748. The normalized spacial score (nSPS) is 12.1. The summed E-state index contributed by atoms with van der Waals surface area (Å²) in [5, 5.41) is 3.83. The van der Waals surface area contributed by atoms with Crippen LogP contribution in [0, 0.1) is 5.82 Å². The smallest absolute Gasteiger partial charge is 0.223 e. The zero-order valence-electron chi connectivity index (χ0n) is 11.8. The second-order valence-electron chi connectivity index (χ2n) is 4.93. The maximum absolute atomic E-state index is 12.8. The molecule has 0 saturated carbocycles. The van der Waals surface area contributed by atoms with Gasteiger partial charge >= 0.3 is 0 Å². The van der Waals surface area contributed by atoms with Crippen molar-refractivity contribution in [2.45, 2.75) is 13.0 Å². The topological polar surface area (TPSA) is 53.6 Å². The molecule has 22 heavy (non-hydrogen) atoms. The van der Waals surface area contributed by atoms with Gasteiger partial charge in [-0.3, -0.25) is 0 Å². The van der Waals surface area contributed by atoms with Gasteiger partial charge < -0.3 is 10.3 Å². The number of benzene rings is 1. The first-order valence-electron chi connectivity index (χ1n) is 6.81. The van der Waals surface area contributed by atoms with Crippen molar-refractivity contribution in [3.63, 3.8) is 0 Å². The summed E-state index contributed by atoms with van der Waals surface area (Å²) in [6, 6.07) is 11.6. The Balaban J connectivity index is 1.75. The van der Waals surface area contributed by atoms with E-state index in [1.165, 1.54) is 0 Å². The van der Waals surface area contributed by atoms with Crippen molar-refractivity contribution in [3.05, 3.63) is 65.3 Å². The van der Waals surface area contributed by atoms with Crippen LogP contribution in [-0.4, -0.2) is 15.0 Å². The van der Waals surface area contributed by atoms with Crippen LogP contribution in [0.1, 0.15) is 18.7 Å². The van der Waals surface area contributed by atoms with Gasteiger partial charge in [-0.05, 0) is 36.8 Å². The Hall–Kier alpha value is -2.40. The highest BCUT2D eigenvalue weighted by Crippen LogP contribution is 2.24. The summed E-state index contributed by atoms with van der Waals surface area (Å²) in [5.41, 5.74) is 3.04. The van der Waals surface area contributed by atoms with E-state index in [1.54, 1.807) is 0 Å². The molecule has 3 rings (SSSR count). The Bertz CT molecular complexity index is 753. The number of aromatic nitrogens is 3. The maximum atomic E-state index is 12.8. The van der Waals surface area contributed by atoms with Gasteiger partial charge in [0.1, 0.15) is 0 Å². The summed E-state index contributed by atoms with van der Waals surface area (Å²) >= 11 is 5.90. The van der Waals surface area contributed by atoms with Crippen LogP contribution in [0.3, 0.4) is 0 Å². The second-order valence-corrected chi connectivity index (χ2v) is 5.36. The van der Waals surface area contributed by atoms with Crippen LogP contribution in [0.25, 0.3) is 11.3 Å². The van der Waals surface area contributed by atoms with Crippen LogP contribution in [0.2, 0.25) is 5.02 Å². The second kappa shape index (κ2) is 6.15. The lowest BCUT2D eigenvalue weighted by molar-refractivity contribution is 0.613. The molecule has 1 atom stereocenters. The number of nitrogens with zero attached hydrogens (tertiary/aromatic N) is 2. The van der Waals surface area contributed by atoms with E-state index in [0.29, 0.717) is 11.0 Å². The highest BCUT2D eigenvalue weighted by Gasteiger charge is 2.10. The molecule has 0 spiro atoms. The van der Waals surface area contributed by atoms with Gasteiger partial charge in [-0.25, -0.2) is 14.4 Å². The fourth-order valence-corrected chi connectivity index (χ4v) is 2.25. The zero-order valence-corrected chi connectivity index (χ0v) is 12.6. The summed E-state index contributed by atoms with van der Waals surface area (Å²) in [4.78, 5) is 11.1. The predicted octanol–water partition coefficient (Wildman–Crippen LogP) is 4.44. The lowest BCUT2D eigenvalue weighted by Crippen LogP contribution is -2.09. The fourth-order valence-electron chi connectivity index (χ4n) is 2.12. The van der Waals surface area contributed by atoms with Crippen molar-refractivity contribution < 1.29 is 4.39 Å². The average molecular weight is 317 g/mol. The van der Waals surface area contributed by atoms with Crippen LogP contribution in [-0.2, 0) is 0 Å². The first-order chi connectivity index (χ1) is 10.6. The Labute approximate surface area is 132 Å². The predicted molar refractivity (Wildman–Crippen MR) is 85.3 cm³/mol. The van der Waals surface area contributed by atoms with E-state index >= 15 is 0 Å². The summed E-state index contributed by atoms with van der Waals surface area (Å²) in [6.45, 7) is 1.98. The molecule has 2 heterocycles. The van der Waals surface area contributed by atoms with Crippen molar-refractivity contribution in [1.29, 1.82) is 0 Å². The fraction of sp³-hybridized carbons (Fsp3) is 0.125. The number of nitrogens with one attached hydrogen (secondary N) is 2. The highest BCUT2D eigenvalue weighted by atomic mass is 35.5. The van der Waals surface area contributed by atoms with Gasteiger partial charge in [0.15, 0.2) is 5.82 Å². The molecule has 3 aromatic rings. The lowest BCUT2D eigenvalue weighted by atomic mass is 10.2. The highest BCUT2D eigenvalue weighted by molar-refractivity contribution is 6.30. The van der Waals surface area contributed by atoms with Gasteiger partial charge in [-0.2, -0.15) is 0 Å². The van der Waals surface area contributed by atoms with Crippen LogP contribution in [0.4, 0.5) is 10.3 Å². The van der Waals surface area contributed by atoms with E-state index < -0.39 is 5.82 Å². The molecule has 4 nitrogen and oxygen atoms in total. The molecular formula is C16H14ClFN4. The van der Waals surface area contributed by atoms with Gasteiger partial charge in [0.2, 0.25) is 5.95 Å². The average Bonchev–Trinajstić information content (AvgIpc) is 3.00. The van der Waals surface area contributed by atoms with Gasteiger partial charge in [0.05, 0.1) is 18.4 Å². The van der Waals surface area contributed by atoms with E-state index in [4.69, 9.17) is 11.6 Å². The molecular weight excluding hydrogens is 303 g/mol. The van der Waals surface area contributed by atoms with Gasteiger partial charge in [-0.1, -0.05) is 23.7 Å². The van der Waals surface area contributed by atoms with E-state index in [2.05, 4.69) is 20.3 Å². The third kappa shape index (κ3) is 3.26. The number of hydrogen-bond donors (Lipinski definition) is 2. The van der Waals surface area contributed by atoms with Crippen molar-refractivity contribution in [2.75, 3.05) is 5.32 Å². The van der Waals surface area contributed by atoms with Gasteiger partial charge in [0, 0.05) is 16.4 Å². The Morgan fingerprint density at radius 3 is 2.45 bits per heavy atom. The maximum Gasteiger partial charge on any atom is 0.223 e. The molecule has 6 heteroatoms. The van der Waals surface area contributed by atoms with Crippen LogP contribution in [0.15, 0.2) is 48.8 Å². The number of rotatable bonds is 4. The number of aromatic amines is 1. The minimum Gasteiger partial charge on any atom is -0.357 e. The first kappa shape index (κ1) is 14.5. The Kier molecular flexibility index (Phi) is 4.06. The largest absolute Gasteiger partial charge is 0.357 e. The third-order valence-corrected chi connectivity index (χ3v) is 3.55. The molecule has 1 aromatic carbocycles. The lowest BCUT2D eigenvalue weighted by Gasteiger charge is -2.12. The van der Waals surface area contributed by atoms with Crippen LogP contribution < -0.4 is 5.32 Å². The molecule has 2 aromatic heterocycles. The third-order valence-electron chi connectivity index (χ3n) is 3.30. The van der Waals surface area contributed by atoms with E-state index in [1.807, 2.05) is 43.3 Å². The number of anilines is 1. The van der Waals surface area contributed by atoms with Crippen LogP contribution >= 0.6 is 11.6 Å². The molecule has 2 N–H and O–H groups in total. The minimum absolute atomic E-state index is 0.0356. The van der Waals surface area contributed by atoms with Gasteiger partial charge in [-0.15, -0.1) is 0 Å². The van der Waals surface area contributed by atoms with E-state index in [0.717, 1.165) is 29.3 Å². The van der Waals surface area contributed by atoms with E-state index in [9.17, 15) is 4.39 Å². The molecule has 112 valence electrons. The number of H-pyrrole nitrogens is 1. The minimum atomic E-state index is -0.455. The van der Waals surface area contributed by atoms with Crippen molar-refractivity contribution in [2.24, 2.45) is 0 Å². The Morgan fingerprint density at radius 1 is 1.09 bits per heavy atom. The monoisotopic (exact) mass is 316 g/mol. The molecule has 0 saturated heterocycles. The number of hydrogen-bond acceptors (Lipinski definition) is 3. The van der Waals surface area contributed by atoms with E-state index in [-0.39, 0.29) is 6.04 Å². The Morgan fingerprint density at radius 2 is 1.77 bits per heavy atom. The SMILES string of the molecule is C[C@H](Nc1ncc(F)cn1)c1ccc(-c2ccc(Cl)cc2)[nH]1. The molecule has 0 fully saturated rings. The number of halogens is 2. The summed E-state index contributed by atoms with van der Waals surface area (Å²) in [6.07, 6.45) is 2.27. The standard InChI is InChI=1S/C16H14ClFN4/c1-10(21-16-19-8-13(18)9-20-16)14-6-7-15(22-14)11-2-4-12(17)5-3-11/h2-10,22H,1H3,(H,19,20,21)/t10-/m0/s1. The molecule has 0 radical (unpaired) electrons. The van der Waals surface area contributed by atoms with Crippen molar-refractivity contribution >= 4 is 17.5 Å².